The number of phenols is 1. The fourth-order valence-electron chi connectivity index (χ4n) is 3.35. The van der Waals surface area contributed by atoms with Crippen molar-refractivity contribution in [2.75, 3.05) is 11.9 Å². The molecule has 3 heterocycles. The number of nitrogens with one attached hydrogen (secondary N) is 2. The molecule has 30 heavy (non-hydrogen) atoms. The normalized spacial score (nSPS) is 23.6. The summed E-state index contributed by atoms with van der Waals surface area (Å²) in [5.74, 6) is 0.159. The number of hydrogen-bond acceptors (Lipinski definition) is 9. The van der Waals surface area contributed by atoms with Crippen molar-refractivity contribution in [3.8, 4) is 5.75 Å². The van der Waals surface area contributed by atoms with E-state index in [4.69, 9.17) is 4.74 Å². The molecule has 158 valence electrons. The number of nitrogens with zero attached hydrogens (tertiary/aromatic N) is 4. The summed E-state index contributed by atoms with van der Waals surface area (Å²) in [6.07, 6.45) is -2.18. The van der Waals surface area contributed by atoms with Gasteiger partial charge in [-0.2, -0.15) is 0 Å². The van der Waals surface area contributed by atoms with E-state index in [1.165, 1.54) is 17.2 Å². The van der Waals surface area contributed by atoms with Crippen LogP contribution in [0.25, 0.3) is 11.2 Å². The molecule has 5 N–H and O–H groups in total. The van der Waals surface area contributed by atoms with Gasteiger partial charge in [-0.3, -0.25) is 9.36 Å². The predicted molar refractivity (Wildman–Crippen MR) is 105 cm³/mol. The number of phenolic OH excluding ortho intramolecular Hbond substituents is 1. The molecule has 4 rings (SSSR count). The molecule has 2 aromatic heterocycles. The van der Waals surface area contributed by atoms with Crippen LogP contribution >= 0.6 is 0 Å². The first kappa shape index (κ1) is 20.0. The molecule has 4 atom stereocenters. The van der Waals surface area contributed by atoms with Gasteiger partial charge in [0.15, 0.2) is 29.3 Å². The van der Waals surface area contributed by atoms with Crippen LogP contribution in [-0.4, -0.2) is 65.6 Å². The van der Waals surface area contributed by atoms with Gasteiger partial charge in [-0.25, -0.2) is 15.0 Å². The number of anilines is 1. The smallest absolute Gasteiger partial charge is 0.252 e. The maximum Gasteiger partial charge on any atom is 0.252 e. The highest BCUT2D eigenvalue weighted by Gasteiger charge is 2.47. The highest BCUT2D eigenvalue weighted by atomic mass is 16.6. The second kappa shape index (κ2) is 8.22. The van der Waals surface area contributed by atoms with E-state index in [0.717, 1.165) is 5.56 Å². The van der Waals surface area contributed by atoms with Crippen molar-refractivity contribution in [3.05, 3.63) is 42.5 Å². The lowest BCUT2D eigenvalue weighted by Crippen LogP contribution is -2.42. The molecule has 0 saturated carbocycles. The molecule has 0 aliphatic carbocycles. The standard InChI is InChI=1S/C19H22N6O5/c1-2-20-18(29)15-13(27)14(28)19(30-15)25-9-24-12-16(22-8-23-17(12)25)21-7-10-3-5-11(26)6-4-10/h3-6,8-9,13-15,19,26-28H,2,7H2,1H3,(H,20,29)(H,21,22,23)/t13?,14-,15-,19+/m0/s1. The summed E-state index contributed by atoms with van der Waals surface area (Å²) in [7, 11) is 0. The van der Waals surface area contributed by atoms with Gasteiger partial charge in [-0.1, -0.05) is 12.1 Å². The summed E-state index contributed by atoms with van der Waals surface area (Å²) >= 11 is 0. The lowest BCUT2D eigenvalue weighted by Gasteiger charge is -2.16. The van der Waals surface area contributed by atoms with Crippen LogP contribution in [0.2, 0.25) is 0 Å². The maximum atomic E-state index is 12.1. The first-order chi connectivity index (χ1) is 14.5. The molecule has 0 spiro atoms. The summed E-state index contributed by atoms with van der Waals surface area (Å²) < 4.78 is 7.11. The monoisotopic (exact) mass is 414 g/mol. The average Bonchev–Trinajstić information content (AvgIpc) is 3.29. The zero-order valence-corrected chi connectivity index (χ0v) is 16.1. The van der Waals surface area contributed by atoms with Gasteiger partial charge in [0.05, 0.1) is 6.33 Å². The number of likely N-dealkylation sites (N-methyl/N-ethyl adjacent to an activating group) is 1. The van der Waals surface area contributed by atoms with Crippen molar-refractivity contribution in [1.82, 2.24) is 24.8 Å². The van der Waals surface area contributed by atoms with Crippen molar-refractivity contribution in [3.63, 3.8) is 0 Å². The number of imidazole rings is 1. The molecule has 11 heteroatoms. The molecule has 1 aromatic carbocycles. The van der Waals surface area contributed by atoms with Crippen molar-refractivity contribution < 1.29 is 24.9 Å². The third-order valence-electron chi connectivity index (χ3n) is 4.88. The number of aliphatic hydroxyl groups excluding tert-OH is 2. The van der Waals surface area contributed by atoms with Gasteiger partial charge in [-0.05, 0) is 24.6 Å². The number of rotatable bonds is 6. The molecule has 1 amide bonds. The van der Waals surface area contributed by atoms with E-state index in [2.05, 4.69) is 25.6 Å². The second-order valence-corrected chi connectivity index (χ2v) is 6.89. The minimum atomic E-state index is -1.38. The number of amides is 1. The lowest BCUT2D eigenvalue weighted by molar-refractivity contribution is -0.137. The number of benzene rings is 1. The Kier molecular flexibility index (Phi) is 5.48. The molecule has 3 aromatic rings. The number of aliphatic hydroxyl groups is 2. The third-order valence-corrected chi connectivity index (χ3v) is 4.88. The quantitative estimate of drug-likeness (QED) is 0.372. The summed E-state index contributed by atoms with van der Waals surface area (Å²) in [5, 5.41) is 35.8. The van der Waals surface area contributed by atoms with Crippen molar-refractivity contribution >= 4 is 22.9 Å². The van der Waals surface area contributed by atoms with Gasteiger partial charge in [-0.15, -0.1) is 0 Å². The summed E-state index contributed by atoms with van der Waals surface area (Å²) in [6, 6.07) is 6.75. The van der Waals surface area contributed by atoms with Gasteiger partial charge in [0.2, 0.25) is 0 Å². The fraction of sp³-hybridized carbons (Fsp3) is 0.368. The van der Waals surface area contributed by atoms with E-state index in [0.29, 0.717) is 30.1 Å². The number of hydrogen-bond donors (Lipinski definition) is 5. The van der Waals surface area contributed by atoms with Crippen molar-refractivity contribution in [2.45, 2.75) is 38.0 Å². The number of aromatic hydroxyl groups is 1. The second-order valence-electron chi connectivity index (χ2n) is 6.89. The zero-order valence-electron chi connectivity index (χ0n) is 16.1. The first-order valence-corrected chi connectivity index (χ1v) is 9.48. The minimum absolute atomic E-state index is 0.185. The lowest BCUT2D eigenvalue weighted by atomic mass is 10.1. The number of ether oxygens (including phenoxy) is 1. The zero-order chi connectivity index (χ0) is 21.3. The average molecular weight is 414 g/mol. The van der Waals surface area contributed by atoms with E-state index < -0.39 is 30.4 Å². The molecular formula is C19H22N6O5. The molecule has 0 bridgehead atoms. The van der Waals surface area contributed by atoms with Crippen LogP contribution < -0.4 is 10.6 Å². The minimum Gasteiger partial charge on any atom is -0.508 e. The van der Waals surface area contributed by atoms with Gasteiger partial charge in [0.1, 0.15) is 24.3 Å². The highest BCUT2D eigenvalue weighted by Crippen LogP contribution is 2.32. The molecule has 0 radical (unpaired) electrons. The topological polar surface area (TPSA) is 155 Å². The van der Waals surface area contributed by atoms with Crippen LogP contribution in [0.3, 0.4) is 0 Å². The van der Waals surface area contributed by atoms with Gasteiger partial charge < -0.3 is 30.7 Å². The Balaban J connectivity index is 1.57. The molecule has 1 saturated heterocycles. The summed E-state index contributed by atoms with van der Waals surface area (Å²) in [6.45, 7) is 2.57. The van der Waals surface area contributed by atoms with Gasteiger partial charge in [0.25, 0.3) is 5.91 Å². The maximum absolute atomic E-state index is 12.1. The summed E-state index contributed by atoms with van der Waals surface area (Å²) in [4.78, 5) is 24.8. The van der Waals surface area contributed by atoms with Crippen LogP contribution in [0.15, 0.2) is 36.9 Å². The Morgan fingerprint density at radius 1 is 1.17 bits per heavy atom. The van der Waals surface area contributed by atoms with E-state index in [1.54, 1.807) is 31.2 Å². The number of fused-ring (bicyclic) bond motifs is 1. The Hall–Kier alpha value is -3.28. The Morgan fingerprint density at radius 3 is 2.67 bits per heavy atom. The van der Waals surface area contributed by atoms with Crippen LogP contribution in [0.1, 0.15) is 18.7 Å². The van der Waals surface area contributed by atoms with Gasteiger partial charge >= 0.3 is 0 Å². The predicted octanol–water partition coefficient (Wildman–Crippen LogP) is -0.101. The fourth-order valence-corrected chi connectivity index (χ4v) is 3.35. The van der Waals surface area contributed by atoms with Crippen LogP contribution in [0.5, 0.6) is 5.75 Å². The number of aromatic nitrogens is 4. The Bertz CT molecular complexity index is 1040. The molecule has 1 aliphatic rings. The van der Waals surface area contributed by atoms with E-state index >= 15 is 0 Å². The van der Waals surface area contributed by atoms with Crippen LogP contribution in [0, 0.1) is 0 Å². The number of carbonyl (C=O) groups excluding carboxylic acids is 1. The van der Waals surface area contributed by atoms with Crippen molar-refractivity contribution in [2.24, 2.45) is 0 Å². The molecule has 1 fully saturated rings. The largest absolute Gasteiger partial charge is 0.508 e. The Morgan fingerprint density at radius 2 is 1.93 bits per heavy atom. The molecule has 1 unspecified atom stereocenters. The molecule has 11 nitrogen and oxygen atoms in total. The number of carbonyl (C=O) groups is 1. The van der Waals surface area contributed by atoms with Crippen LogP contribution in [-0.2, 0) is 16.1 Å². The highest BCUT2D eigenvalue weighted by molar-refractivity contribution is 5.83. The first-order valence-electron chi connectivity index (χ1n) is 9.48. The van der Waals surface area contributed by atoms with Crippen LogP contribution in [0.4, 0.5) is 5.82 Å². The molecule has 1 aliphatic heterocycles. The molecular weight excluding hydrogens is 392 g/mol. The Labute approximate surface area is 171 Å². The van der Waals surface area contributed by atoms with E-state index in [-0.39, 0.29) is 5.75 Å². The van der Waals surface area contributed by atoms with Crippen molar-refractivity contribution in [1.29, 1.82) is 0 Å². The van der Waals surface area contributed by atoms with E-state index in [1.807, 2.05) is 0 Å². The van der Waals surface area contributed by atoms with E-state index in [9.17, 15) is 20.1 Å². The third kappa shape index (κ3) is 3.65. The van der Waals surface area contributed by atoms with Gasteiger partial charge in [0, 0.05) is 13.1 Å². The summed E-state index contributed by atoms with van der Waals surface area (Å²) in [5.41, 5.74) is 1.76. The SMILES string of the molecule is CCNC(=O)[C@H]1O[C@@H](n2cnc3c(NCc4ccc(O)cc4)ncnc32)[C@@H](O)C1O.